The van der Waals surface area contributed by atoms with Crippen LogP contribution in [0.5, 0.6) is 0 Å². The van der Waals surface area contributed by atoms with Crippen LogP contribution in [0.3, 0.4) is 0 Å². The fourth-order valence-electron chi connectivity index (χ4n) is 1.74. The summed E-state index contributed by atoms with van der Waals surface area (Å²) in [5, 5.41) is 19.4. The largest absolute Gasteiger partial charge is 0.445 e. The van der Waals surface area contributed by atoms with Crippen molar-refractivity contribution in [1.82, 2.24) is 0 Å². The van der Waals surface area contributed by atoms with Gasteiger partial charge in [-0.3, -0.25) is 0 Å². The third kappa shape index (κ3) is 1.06. The van der Waals surface area contributed by atoms with Crippen LogP contribution in [0.4, 0.5) is 0 Å². The van der Waals surface area contributed by atoms with Gasteiger partial charge in [-0.25, -0.2) is 0 Å². The molecule has 3 heteroatoms. The molecule has 1 heterocycles. The second-order valence-corrected chi connectivity index (χ2v) is 3.68. The normalized spacial score (nSPS) is 27.4. The van der Waals surface area contributed by atoms with Crippen LogP contribution in [0, 0.1) is 0 Å². The van der Waals surface area contributed by atoms with E-state index in [4.69, 9.17) is 0 Å². The van der Waals surface area contributed by atoms with E-state index in [0.29, 0.717) is 6.42 Å². The van der Waals surface area contributed by atoms with E-state index in [0.717, 1.165) is 11.0 Å². The van der Waals surface area contributed by atoms with Crippen molar-refractivity contribution in [2.45, 2.75) is 18.8 Å². The molecule has 0 saturated carbocycles. The van der Waals surface area contributed by atoms with Crippen molar-refractivity contribution >= 4 is 12.4 Å². The van der Waals surface area contributed by atoms with Gasteiger partial charge < -0.3 is 10.1 Å². The maximum Gasteiger partial charge on any atom is 0.357 e. The first-order chi connectivity index (χ1) is 5.59. The van der Waals surface area contributed by atoms with Crippen molar-refractivity contribution in [2.75, 3.05) is 0 Å². The van der Waals surface area contributed by atoms with Gasteiger partial charge in [-0.2, -0.15) is 0 Å². The average Bonchev–Trinajstić information content (AvgIpc) is 2.01. The predicted molar refractivity (Wildman–Crippen MR) is 48.4 cm³/mol. The van der Waals surface area contributed by atoms with Gasteiger partial charge in [0.15, 0.2) is 0 Å². The maximum absolute atomic E-state index is 9.78. The lowest BCUT2D eigenvalue weighted by Crippen LogP contribution is -2.55. The lowest BCUT2D eigenvalue weighted by atomic mass is 9.45. The number of hydrogen-bond donors (Lipinski definition) is 2. The van der Waals surface area contributed by atoms with Gasteiger partial charge in [0.2, 0.25) is 0 Å². The Bertz CT molecular complexity index is 309. The minimum absolute atomic E-state index is 0.530. The van der Waals surface area contributed by atoms with Crippen LogP contribution >= 0.6 is 0 Å². The molecule has 12 heavy (non-hydrogen) atoms. The highest BCUT2D eigenvalue weighted by molar-refractivity contribution is 6.69. The molecule has 1 aromatic rings. The van der Waals surface area contributed by atoms with E-state index in [2.05, 4.69) is 0 Å². The Kier molecular flexibility index (Phi) is 1.53. The second kappa shape index (κ2) is 2.34. The Morgan fingerprint density at radius 2 is 2.25 bits per heavy atom. The van der Waals surface area contributed by atoms with Crippen molar-refractivity contribution in [3.63, 3.8) is 0 Å². The fourth-order valence-corrected chi connectivity index (χ4v) is 1.74. The number of hydrogen-bond acceptors (Lipinski definition) is 2. The summed E-state index contributed by atoms with van der Waals surface area (Å²) >= 11 is 0. The van der Waals surface area contributed by atoms with Crippen molar-refractivity contribution in [2.24, 2.45) is 0 Å². The van der Waals surface area contributed by atoms with Crippen molar-refractivity contribution < 1.29 is 10.1 Å². The van der Waals surface area contributed by atoms with Gasteiger partial charge in [0, 0.05) is 0 Å². The number of fused-ring (bicyclic) bond motifs is 2. The van der Waals surface area contributed by atoms with Crippen LogP contribution in [0.1, 0.15) is 12.5 Å². The Morgan fingerprint density at radius 1 is 1.50 bits per heavy atom. The molecule has 0 amide bonds. The van der Waals surface area contributed by atoms with Gasteiger partial charge >= 0.3 is 6.92 Å². The lowest BCUT2D eigenvalue weighted by Gasteiger charge is -2.30. The van der Waals surface area contributed by atoms with Gasteiger partial charge in [0.1, 0.15) is 0 Å². The maximum atomic E-state index is 9.78. The first-order valence-corrected chi connectivity index (χ1v) is 4.09. The molecule has 0 aliphatic carbocycles. The molecule has 2 nitrogen and oxygen atoms in total. The van der Waals surface area contributed by atoms with Gasteiger partial charge in [-0.05, 0) is 24.4 Å². The lowest BCUT2D eigenvalue weighted by molar-refractivity contribution is 0.126. The monoisotopic (exact) mass is 162 g/mol. The van der Waals surface area contributed by atoms with E-state index in [1.54, 1.807) is 6.92 Å². The summed E-state index contributed by atoms with van der Waals surface area (Å²) in [6, 6.07) is 7.64. The molecule has 1 aromatic carbocycles. The van der Waals surface area contributed by atoms with E-state index in [9.17, 15) is 10.1 Å². The highest BCUT2D eigenvalue weighted by atomic mass is 16.3. The summed E-state index contributed by atoms with van der Waals surface area (Å²) in [4.78, 5) is 0. The van der Waals surface area contributed by atoms with Crippen LogP contribution in [0.25, 0.3) is 0 Å². The van der Waals surface area contributed by atoms with E-state index in [1.165, 1.54) is 0 Å². The third-order valence-corrected chi connectivity index (χ3v) is 2.42. The topological polar surface area (TPSA) is 40.5 Å². The molecular formula is C9H11BO2. The second-order valence-electron chi connectivity index (χ2n) is 3.68. The molecule has 62 valence electrons. The van der Waals surface area contributed by atoms with E-state index in [-0.39, 0.29) is 0 Å². The van der Waals surface area contributed by atoms with E-state index >= 15 is 0 Å². The summed E-state index contributed by atoms with van der Waals surface area (Å²) in [5.41, 5.74) is 0.896. The molecule has 0 fully saturated rings. The van der Waals surface area contributed by atoms with Crippen molar-refractivity contribution in [3.8, 4) is 0 Å². The average molecular weight is 162 g/mol. The van der Waals surface area contributed by atoms with Crippen LogP contribution < -0.4 is 5.46 Å². The molecule has 1 aliphatic rings. The molecule has 2 N–H and O–H groups in total. The van der Waals surface area contributed by atoms with E-state index < -0.39 is 12.4 Å². The minimum atomic E-state index is -0.999. The molecule has 0 aromatic heterocycles. The SMILES string of the molecule is CC1(O)Cc2cccc(c2)B1O. The number of aliphatic hydroxyl groups is 1. The highest BCUT2D eigenvalue weighted by Gasteiger charge is 2.39. The standard InChI is InChI=1S/C9H11BO2/c1-9(11)6-7-3-2-4-8(5-7)10(9)12/h2-5,11-12H,6H2,1H3. The fraction of sp³-hybridized carbons (Fsp3) is 0.333. The van der Waals surface area contributed by atoms with Crippen molar-refractivity contribution in [3.05, 3.63) is 29.8 Å². The summed E-state index contributed by atoms with van der Waals surface area (Å²) in [6.45, 7) is 0.920. The molecule has 2 bridgehead atoms. The summed E-state index contributed by atoms with van der Waals surface area (Å²) in [7, 11) is 0. The van der Waals surface area contributed by atoms with Gasteiger partial charge in [0.05, 0.1) is 5.50 Å². The Labute approximate surface area is 72.0 Å². The van der Waals surface area contributed by atoms with Crippen molar-refractivity contribution in [1.29, 1.82) is 0 Å². The predicted octanol–water partition coefficient (Wildman–Crippen LogP) is -0.276. The molecule has 2 rings (SSSR count). The molecule has 0 radical (unpaired) electrons. The Balaban J connectivity index is 2.50. The Hall–Kier alpha value is -0.795. The first-order valence-electron chi connectivity index (χ1n) is 4.09. The molecule has 1 unspecified atom stereocenters. The van der Waals surface area contributed by atoms with Crippen LogP contribution in [0.15, 0.2) is 24.3 Å². The molecule has 0 spiro atoms. The molecular weight excluding hydrogens is 151 g/mol. The molecule has 0 saturated heterocycles. The van der Waals surface area contributed by atoms with Gasteiger partial charge in [-0.1, -0.05) is 24.3 Å². The highest BCUT2D eigenvalue weighted by Crippen LogP contribution is 2.19. The smallest absolute Gasteiger partial charge is 0.357 e. The van der Waals surface area contributed by atoms with E-state index in [1.807, 2.05) is 24.3 Å². The van der Waals surface area contributed by atoms with Crippen LogP contribution in [0.2, 0.25) is 0 Å². The number of rotatable bonds is 0. The van der Waals surface area contributed by atoms with Crippen LogP contribution in [-0.4, -0.2) is 22.5 Å². The summed E-state index contributed by atoms with van der Waals surface area (Å²) in [6.07, 6.45) is 0.530. The summed E-state index contributed by atoms with van der Waals surface area (Å²) in [5.74, 6) is 0. The molecule has 1 atom stereocenters. The molecule has 1 aliphatic heterocycles. The van der Waals surface area contributed by atoms with Gasteiger partial charge in [0.25, 0.3) is 0 Å². The zero-order chi connectivity index (χ0) is 8.77. The number of benzene rings is 1. The summed E-state index contributed by atoms with van der Waals surface area (Å²) < 4.78 is 0. The first kappa shape index (κ1) is 7.83. The van der Waals surface area contributed by atoms with Gasteiger partial charge in [-0.15, -0.1) is 0 Å². The third-order valence-electron chi connectivity index (χ3n) is 2.42. The zero-order valence-electron chi connectivity index (χ0n) is 6.99. The Morgan fingerprint density at radius 3 is 3.00 bits per heavy atom. The quantitative estimate of drug-likeness (QED) is 0.515. The zero-order valence-corrected chi connectivity index (χ0v) is 6.99. The minimum Gasteiger partial charge on any atom is -0.445 e. The van der Waals surface area contributed by atoms with Crippen LogP contribution in [-0.2, 0) is 6.42 Å².